The quantitative estimate of drug-likeness (QED) is 0.555. The highest BCUT2D eigenvalue weighted by molar-refractivity contribution is 8.00. The van der Waals surface area contributed by atoms with Gasteiger partial charge in [-0.15, -0.1) is 11.8 Å². The molecule has 2 amide bonds. The first kappa shape index (κ1) is 22.2. The number of rotatable bonds is 8. The summed E-state index contributed by atoms with van der Waals surface area (Å²) in [6.07, 6.45) is 1.49. The highest BCUT2D eigenvalue weighted by Crippen LogP contribution is 2.15. The second kappa shape index (κ2) is 9.98. The molecule has 0 unspecified atom stereocenters. The van der Waals surface area contributed by atoms with Gasteiger partial charge in [-0.1, -0.05) is 18.2 Å². The third kappa shape index (κ3) is 5.34. The highest BCUT2D eigenvalue weighted by Gasteiger charge is 2.18. The Bertz CT molecular complexity index is 1120. The number of anilines is 2. The summed E-state index contributed by atoms with van der Waals surface area (Å²) in [5.74, 6) is -0.0388. The van der Waals surface area contributed by atoms with Crippen LogP contribution in [0.1, 0.15) is 5.69 Å². The number of hydrogen-bond donors (Lipinski definition) is 2. The molecule has 0 aliphatic rings. The van der Waals surface area contributed by atoms with Gasteiger partial charge in [0.1, 0.15) is 5.69 Å². The fourth-order valence-corrected chi connectivity index (χ4v) is 3.51. The number of aromatic nitrogens is 3. The Hall–Kier alpha value is -3.53. The summed E-state index contributed by atoms with van der Waals surface area (Å²) in [6.45, 7) is 1.76. The molecule has 31 heavy (non-hydrogen) atoms. The van der Waals surface area contributed by atoms with Crippen molar-refractivity contribution in [3.05, 3.63) is 64.7 Å². The lowest BCUT2D eigenvalue weighted by Gasteiger charge is -2.07. The zero-order valence-corrected chi connectivity index (χ0v) is 18.2. The van der Waals surface area contributed by atoms with Crippen molar-refractivity contribution in [2.75, 3.05) is 29.2 Å². The van der Waals surface area contributed by atoms with Crippen LogP contribution in [-0.2, 0) is 16.6 Å². The molecular formula is C21H23N5O4S. The van der Waals surface area contributed by atoms with Crippen LogP contribution in [0.25, 0.3) is 5.69 Å². The van der Waals surface area contributed by atoms with Gasteiger partial charge >= 0.3 is 0 Å². The minimum absolute atomic E-state index is 0.0351. The Kier molecular flexibility index (Phi) is 7.14. The van der Waals surface area contributed by atoms with Crippen LogP contribution in [-0.4, -0.2) is 44.8 Å². The molecule has 0 bridgehead atoms. The number of benzene rings is 1. The lowest BCUT2D eigenvalue weighted by atomic mass is 10.3. The van der Waals surface area contributed by atoms with Crippen molar-refractivity contribution >= 4 is 35.0 Å². The third-order valence-electron chi connectivity index (χ3n) is 4.51. The Morgan fingerprint density at radius 2 is 1.74 bits per heavy atom. The monoisotopic (exact) mass is 441 g/mol. The number of para-hydroxylation sites is 1. The number of nitrogens with zero attached hydrogens (tertiary/aromatic N) is 3. The Labute approximate surface area is 183 Å². The van der Waals surface area contributed by atoms with Crippen LogP contribution < -0.4 is 20.9 Å². The zero-order valence-electron chi connectivity index (χ0n) is 17.4. The Morgan fingerprint density at radius 3 is 2.35 bits per heavy atom. The van der Waals surface area contributed by atoms with Gasteiger partial charge < -0.3 is 15.4 Å². The number of pyridine rings is 1. The van der Waals surface area contributed by atoms with Crippen molar-refractivity contribution in [3.63, 3.8) is 0 Å². The van der Waals surface area contributed by atoms with E-state index >= 15 is 0 Å². The first-order valence-corrected chi connectivity index (χ1v) is 10.6. The van der Waals surface area contributed by atoms with E-state index in [2.05, 4.69) is 15.6 Å². The lowest BCUT2D eigenvalue weighted by molar-refractivity contribution is -0.114. The smallest absolute Gasteiger partial charge is 0.295 e. The molecule has 1 aromatic carbocycles. The molecule has 2 aromatic heterocycles. The van der Waals surface area contributed by atoms with Crippen LogP contribution in [0, 0.1) is 6.92 Å². The van der Waals surface area contributed by atoms with Crippen LogP contribution in [0.5, 0.6) is 5.88 Å². The van der Waals surface area contributed by atoms with E-state index < -0.39 is 0 Å². The number of methoxy groups -OCH3 is 1. The summed E-state index contributed by atoms with van der Waals surface area (Å²) in [4.78, 5) is 41.2. The van der Waals surface area contributed by atoms with E-state index in [9.17, 15) is 14.4 Å². The van der Waals surface area contributed by atoms with Gasteiger partial charge in [0, 0.05) is 13.1 Å². The van der Waals surface area contributed by atoms with Gasteiger partial charge in [-0.25, -0.2) is 9.67 Å². The fraction of sp³-hybridized carbons (Fsp3) is 0.238. The van der Waals surface area contributed by atoms with Crippen molar-refractivity contribution in [1.82, 2.24) is 14.3 Å². The standard InChI is InChI=1S/C21H23N5O4S/c1-14-20(21(29)26(25(14)2)16-7-5-4-6-8-16)24-18(28)13-31-12-17(27)23-15-9-10-19(30-3)22-11-15/h4-11H,12-13H2,1-3H3,(H,23,27)(H,24,28). The molecule has 0 saturated carbocycles. The molecule has 3 rings (SSSR count). The Balaban J connectivity index is 1.55. The maximum absolute atomic E-state index is 12.8. The van der Waals surface area contributed by atoms with E-state index in [1.54, 1.807) is 30.8 Å². The van der Waals surface area contributed by atoms with Gasteiger partial charge in [-0.3, -0.25) is 19.1 Å². The van der Waals surface area contributed by atoms with Crippen LogP contribution in [0.2, 0.25) is 0 Å². The summed E-state index contributed by atoms with van der Waals surface area (Å²) in [6, 6.07) is 12.5. The molecule has 0 radical (unpaired) electrons. The van der Waals surface area contributed by atoms with Crippen LogP contribution in [0.3, 0.4) is 0 Å². The van der Waals surface area contributed by atoms with Gasteiger partial charge in [0.2, 0.25) is 17.7 Å². The summed E-state index contributed by atoms with van der Waals surface area (Å²) in [5.41, 5.74) is 1.80. The first-order chi connectivity index (χ1) is 14.9. The molecule has 0 aliphatic heterocycles. The molecule has 3 aromatic rings. The van der Waals surface area contributed by atoms with Crippen LogP contribution >= 0.6 is 11.8 Å². The third-order valence-corrected chi connectivity index (χ3v) is 5.45. The Morgan fingerprint density at radius 1 is 1.06 bits per heavy atom. The predicted molar refractivity (Wildman–Crippen MR) is 121 cm³/mol. The molecule has 162 valence electrons. The molecule has 0 atom stereocenters. The average molecular weight is 442 g/mol. The van der Waals surface area contributed by atoms with Crippen molar-refractivity contribution in [3.8, 4) is 11.6 Å². The summed E-state index contributed by atoms with van der Waals surface area (Å²) < 4.78 is 8.15. The molecule has 0 spiro atoms. The number of ether oxygens (including phenoxy) is 1. The number of hydrogen-bond acceptors (Lipinski definition) is 6. The fourth-order valence-electron chi connectivity index (χ4n) is 2.90. The second-order valence-electron chi connectivity index (χ2n) is 6.61. The predicted octanol–water partition coefficient (Wildman–Crippen LogP) is 2.20. The van der Waals surface area contributed by atoms with E-state index in [0.717, 1.165) is 11.8 Å². The zero-order chi connectivity index (χ0) is 22.4. The second-order valence-corrected chi connectivity index (χ2v) is 7.60. The maximum Gasteiger partial charge on any atom is 0.295 e. The highest BCUT2D eigenvalue weighted by atomic mass is 32.2. The van der Waals surface area contributed by atoms with E-state index in [1.165, 1.54) is 18.0 Å². The van der Waals surface area contributed by atoms with E-state index in [0.29, 0.717) is 22.9 Å². The van der Waals surface area contributed by atoms with Crippen LogP contribution in [0.4, 0.5) is 11.4 Å². The number of nitrogens with one attached hydrogen (secondary N) is 2. The normalized spacial score (nSPS) is 10.5. The van der Waals surface area contributed by atoms with Gasteiger partial charge in [0.15, 0.2) is 0 Å². The lowest BCUT2D eigenvalue weighted by Crippen LogP contribution is -2.24. The number of carbonyl (C=O) groups is 2. The first-order valence-electron chi connectivity index (χ1n) is 9.42. The summed E-state index contributed by atoms with van der Waals surface area (Å²) >= 11 is 1.15. The van der Waals surface area contributed by atoms with Gasteiger partial charge in [-0.2, -0.15) is 0 Å². The average Bonchev–Trinajstić information content (AvgIpc) is 2.98. The van der Waals surface area contributed by atoms with E-state index in [-0.39, 0.29) is 34.6 Å². The van der Waals surface area contributed by atoms with Gasteiger partial charge in [0.05, 0.1) is 41.9 Å². The number of carbonyl (C=O) groups excluding carboxylic acids is 2. The molecule has 0 fully saturated rings. The van der Waals surface area contributed by atoms with Gasteiger partial charge in [0.25, 0.3) is 5.56 Å². The van der Waals surface area contributed by atoms with Crippen molar-refractivity contribution < 1.29 is 14.3 Å². The molecule has 2 N–H and O–H groups in total. The topological polar surface area (TPSA) is 107 Å². The number of thioether (sulfide) groups is 1. The molecular weight excluding hydrogens is 418 g/mol. The van der Waals surface area contributed by atoms with Crippen molar-refractivity contribution in [2.24, 2.45) is 7.05 Å². The van der Waals surface area contributed by atoms with E-state index in [4.69, 9.17) is 4.74 Å². The van der Waals surface area contributed by atoms with E-state index in [1.807, 2.05) is 30.3 Å². The maximum atomic E-state index is 12.8. The summed E-state index contributed by atoms with van der Waals surface area (Å²) in [5, 5.41) is 5.37. The largest absolute Gasteiger partial charge is 0.481 e. The molecule has 0 aliphatic carbocycles. The van der Waals surface area contributed by atoms with Crippen molar-refractivity contribution in [2.45, 2.75) is 6.92 Å². The minimum Gasteiger partial charge on any atom is -0.481 e. The summed E-state index contributed by atoms with van der Waals surface area (Å²) in [7, 11) is 3.27. The molecule has 0 saturated heterocycles. The number of amides is 2. The SMILES string of the molecule is COc1ccc(NC(=O)CSCC(=O)Nc2c(C)n(C)n(-c3ccccc3)c2=O)cn1. The molecule has 2 heterocycles. The molecule has 10 heteroatoms. The minimum atomic E-state index is -0.352. The van der Waals surface area contributed by atoms with Crippen molar-refractivity contribution in [1.29, 1.82) is 0 Å². The molecule has 9 nitrogen and oxygen atoms in total. The van der Waals surface area contributed by atoms with Gasteiger partial charge in [-0.05, 0) is 25.1 Å². The van der Waals surface area contributed by atoms with Crippen LogP contribution in [0.15, 0.2) is 53.5 Å².